The molecule has 3 rings (SSSR count). The van der Waals surface area contributed by atoms with Crippen LogP contribution in [0.4, 0.5) is 4.79 Å². The molecule has 2 N–H and O–H groups in total. The number of fused-ring (bicyclic) bond motifs is 3. The summed E-state index contributed by atoms with van der Waals surface area (Å²) in [6.07, 6.45) is 4.55. The number of nitrogens with one attached hydrogen (secondary N) is 2. The first-order chi connectivity index (χ1) is 12.3. The van der Waals surface area contributed by atoms with Crippen molar-refractivity contribution in [1.82, 2.24) is 20.6 Å². The molecule has 0 radical (unpaired) electrons. The van der Waals surface area contributed by atoms with Crippen LogP contribution in [-0.2, 0) is 17.6 Å². The van der Waals surface area contributed by atoms with Crippen LogP contribution in [0, 0.1) is 6.92 Å². The lowest BCUT2D eigenvalue weighted by atomic mass is 9.97. The number of amides is 3. The maximum Gasteiger partial charge on any atom is 0.321 e. The van der Waals surface area contributed by atoms with Gasteiger partial charge in [-0.15, -0.1) is 11.3 Å². The third kappa shape index (κ3) is 4.17. The van der Waals surface area contributed by atoms with Crippen LogP contribution in [0.5, 0.6) is 0 Å². The van der Waals surface area contributed by atoms with Crippen molar-refractivity contribution in [2.24, 2.45) is 0 Å². The van der Waals surface area contributed by atoms with Crippen molar-refractivity contribution in [1.29, 1.82) is 0 Å². The van der Waals surface area contributed by atoms with Gasteiger partial charge in [0.05, 0.1) is 5.25 Å². The molecule has 1 aliphatic rings. The van der Waals surface area contributed by atoms with Gasteiger partial charge in [0.25, 0.3) is 0 Å². The van der Waals surface area contributed by atoms with Crippen molar-refractivity contribution in [3.8, 4) is 0 Å². The number of urea groups is 1. The molecule has 26 heavy (non-hydrogen) atoms. The van der Waals surface area contributed by atoms with E-state index in [4.69, 9.17) is 0 Å². The number of carbonyl (C=O) groups excluding carboxylic acids is 2. The van der Waals surface area contributed by atoms with Crippen LogP contribution in [0.3, 0.4) is 0 Å². The van der Waals surface area contributed by atoms with E-state index >= 15 is 0 Å². The zero-order valence-corrected chi connectivity index (χ0v) is 17.1. The van der Waals surface area contributed by atoms with E-state index in [9.17, 15) is 9.59 Å². The number of imide groups is 1. The van der Waals surface area contributed by atoms with E-state index in [1.165, 1.54) is 35.0 Å². The third-order valence-corrected chi connectivity index (χ3v) is 6.48. The molecule has 0 bridgehead atoms. The highest BCUT2D eigenvalue weighted by Gasteiger charge is 2.24. The SMILES string of the molecule is Cc1nc(S[C@@H](C)C(=O)NC(=O)NC(C)C)c2c3c(sc2n1)CCCC3. The number of thioether (sulfide) groups is 1. The molecule has 1 aliphatic carbocycles. The number of hydrogen-bond donors (Lipinski definition) is 2. The number of thiophene rings is 1. The van der Waals surface area contributed by atoms with Crippen LogP contribution >= 0.6 is 23.1 Å². The Hall–Kier alpha value is -1.67. The number of aromatic nitrogens is 2. The summed E-state index contributed by atoms with van der Waals surface area (Å²) in [6, 6.07) is -0.485. The fourth-order valence-electron chi connectivity index (χ4n) is 3.04. The molecule has 8 heteroatoms. The topological polar surface area (TPSA) is 84.0 Å². The van der Waals surface area contributed by atoms with Gasteiger partial charge in [-0.05, 0) is 58.9 Å². The second kappa shape index (κ2) is 7.92. The minimum atomic E-state index is -0.464. The van der Waals surface area contributed by atoms with E-state index < -0.39 is 11.3 Å². The summed E-state index contributed by atoms with van der Waals surface area (Å²) in [5, 5.41) is 6.59. The van der Waals surface area contributed by atoms with E-state index in [1.54, 1.807) is 18.3 Å². The normalized spacial score (nSPS) is 15.0. The summed E-state index contributed by atoms with van der Waals surface area (Å²) < 4.78 is 0. The average Bonchev–Trinajstić information content (AvgIpc) is 2.91. The van der Waals surface area contributed by atoms with Gasteiger partial charge in [-0.1, -0.05) is 11.8 Å². The summed E-state index contributed by atoms with van der Waals surface area (Å²) in [5.41, 5.74) is 1.35. The van der Waals surface area contributed by atoms with Crippen LogP contribution < -0.4 is 10.6 Å². The van der Waals surface area contributed by atoms with E-state index in [2.05, 4.69) is 20.6 Å². The van der Waals surface area contributed by atoms with Crippen molar-refractivity contribution in [2.45, 2.75) is 69.7 Å². The Kier molecular flexibility index (Phi) is 5.82. The average molecular weight is 393 g/mol. The van der Waals surface area contributed by atoms with E-state index in [0.717, 1.165) is 28.1 Å². The predicted molar refractivity (Wildman–Crippen MR) is 106 cm³/mol. The molecule has 0 spiro atoms. The number of aryl methyl sites for hydroxylation is 3. The van der Waals surface area contributed by atoms with Gasteiger partial charge in [0.15, 0.2) is 0 Å². The molecule has 0 saturated heterocycles. The maximum absolute atomic E-state index is 12.4. The Balaban J connectivity index is 1.82. The van der Waals surface area contributed by atoms with Crippen molar-refractivity contribution in [2.75, 3.05) is 0 Å². The predicted octanol–water partition coefficient (Wildman–Crippen LogP) is 3.59. The molecule has 3 amide bonds. The van der Waals surface area contributed by atoms with E-state index in [1.807, 2.05) is 20.8 Å². The van der Waals surface area contributed by atoms with Crippen LogP contribution in [0.2, 0.25) is 0 Å². The third-order valence-electron chi connectivity index (χ3n) is 4.21. The van der Waals surface area contributed by atoms with Gasteiger partial charge >= 0.3 is 6.03 Å². The molecule has 140 valence electrons. The number of hydrogen-bond acceptors (Lipinski definition) is 6. The largest absolute Gasteiger partial charge is 0.336 e. The first kappa shape index (κ1) is 19.1. The van der Waals surface area contributed by atoms with Crippen LogP contribution in [-0.4, -0.2) is 33.2 Å². The van der Waals surface area contributed by atoms with Gasteiger partial charge in [0.1, 0.15) is 15.7 Å². The summed E-state index contributed by atoms with van der Waals surface area (Å²) in [5.74, 6) is 0.394. The van der Waals surface area contributed by atoms with Crippen LogP contribution in [0.1, 0.15) is 49.9 Å². The van der Waals surface area contributed by atoms with Gasteiger partial charge in [-0.2, -0.15) is 0 Å². The Bertz CT molecular complexity index is 847. The Labute approximate surface area is 161 Å². The highest BCUT2D eigenvalue weighted by Crippen LogP contribution is 2.40. The standard InChI is InChI=1S/C18H24N4O2S2/c1-9(2)19-18(24)22-15(23)10(3)25-16-14-12-7-5-6-8-13(12)26-17(14)21-11(4)20-16/h9-10H,5-8H2,1-4H3,(H2,19,22,23,24)/t10-/m0/s1. The smallest absolute Gasteiger partial charge is 0.321 e. The minimum absolute atomic E-state index is 0.0211. The number of nitrogens with zero attached hydrogens (tertiary/aromatic N) is 2. The van der Waals surface area contributed by atoms with Gasteiger partial charge in [-0.25, -0.2) is 14.8 Å². The highest BCUT2D eigenvalue weighted by molar-refractivity contribution is 8.00. The molecule has 0 saturated carbocycles. The minimum Gasteiger partial charge on any atom is -0.336 e. The summed E-state index contributed by atoms with van der Waals surface area (Å²) in [4.78, 5) is 35.7. The second-order valence-corrected chi connectivity index (χ2v) is 9.26. The lowest BCUT2D eigenvalue weighted by molar-refractivity contribution is -0.119. The molecule has 6 nitrogen and oxygen atoms in total. The second-order valence-electron chi connectivity index (χ2n) is 6.84. The first-order valence-corrected chi connectivity index (χ1v) is 10.6. The Morgan fingerprint density at radius 1 is 1.15 bits per heavy atom. The fourth-order valence-corrected chi connectivity index (χ4v) is 5.44. The zero-order valence-electron chi connectivity index (χ0n) is 15.5. The number of carbonyl (C=O) groups is 2. The van der Waals surface area contributed by atoms with Crippen LogP contribution in [0.15, 0.2) is 5.03 Å². The molecule has 1 atom stereocenters. The Morgan fingerprint density at radius 3 is 2.62 bits per heavy atom. The monoisotopic (exact) mass is 392 g/mol. The zero-order chi connectivity index (χ0) is 18.8. The molecule has 2 aromatic rings. The van der Waals surface area contributed by atoms with Gasteiger partial charge in [0.2, 0.25) is 5.91 Å². The molecule has 0 aliphatic heterocycles. The first-order valence-electron chi connectivity index (χ1n) is 8.92. The van der Waals surface area contributed by atoms with Gasteiger partial charge < -0.3 is 5.32 Å². The van der Waals surface area contributed by atoms with Crippen molar-refractivity contribution in [3.63, 3.8) is 0 Å². The molecule has 0 fully saturated rings. The van der Waals surface area contributed by atoms with Gasteiger partial charge in [0, 0.05) is 16.3 Å². The molecule has 0 aromatic carbocycles. The molecule has 2 heterocycles. The van der Waals surface area contributed by atoms with Crippen molar-refractivity contribution >= 4 is 45.3 Å². The van der Waals surface area contributed by atoms with Gasteiger partial charge in [-0.3, -0.25) is 10.1 Å². The number of rotatable bonds is 4. The van der Waals surface area contributed by atoms with E-state index in [-0.39, 0.29) is 11.9 Å². The van der Waals surface area contributed by atoms with E-state index in [0.29, 0.717) is 5.82 Å². The molecular weight excluding hydrogens is 368 g/mol. The molecular formula is C18H24N4O2S2. The summed E-state index contributed by atoms with van der Waals surface area (Å²) >= 11 is 3.15. The summed E-state index contributed by atoms with van der Waals surface area (Å²) in [6.45, 7) is 7.37. The highest BCUT2D eigenvalue weighted by atomic mass is 32.2. The quantitative estimate of drug-likeness (QED) is 0.614. The van der Waals surface area contributed by atoms with Crippen LogP contribution in [0.25, 0.3) is 10.2 Å². The lowest BCUT2D eigenvalue weighted by Gasteiger charge is -2.15. The lowest BCUT2D eigenvalue weighted by Crippen LogP contribution is -2.45. The Morgan fingerprint density at radius 2 is 1.88 bits per heavy atom. The maximum atomic E-state index is 12.4. The summed E-state index contributed by atoms with van der Waals surface area (Å²) in [7, 11) is 0. The van der Waals surface area contributed by atoms with Crippen molar-refractivity contribution < 1.29 is 9.59 Å². The van der Waals surface area contributed by atoms with Crippen molar-refractivity contribution in [3.05, 3.63) is 16.3 Å². The fraction of sp³-hybridized carbons (Fsp3) is 0.556. The molecule has 2 aromatic heterocycles. The molecule has 0 unspecified atom stereocenters.